The topological polar surface area (TPSA) is 70.6 Å². The van der Waals surface area contributed by atoms with Crippen LogP contribution >= 0.6 is 7.82 Å². The molecule has 0 amide bonds. The van der Waals surface area contributed by atoms with Gasteiger partial charge in [-0.3, -0.25) is 4.52 Å². The van der Waals surface area contributed by atoms with Crippen LogP contribution in [0.25, 0.3) is 10.8 Å². The molecule has 2 N–H and O–H groups in total. The van der Waals surface area contributed by atoms with Gasteiger partial charge in [0, 0.05) is 11.5 Å². The van der Waals surface area contributed by atoms with Gasteiger partial charge in [0.2, 0.25) is 5.69 Å². The van der Waals surface area contributed by atoms with Crippen LogP contribution in [-0.2, 0) is 22.7 Å². The van der Waals surface area contributed by atoms with E-state index in [4.69, 9.17) is 9.79 Å². The molecule has 0 aliphatic carbocycles. The maximum atomic E-state index is 10.6. The maximum absolute atomic E-state index is 10.6. The summed E-state index contributed by atoms with van der Waals surface area (Å²) < 4.78 is 16.9. The second-order valence-corrected chi connectivity index (χ2v) is 5.01. The fourth-order valence-electron chi connectivity index (χ4n) is 1.63. The summed E-state index contributed by atoms with van der Waals surface area (Å²) in [5.74, 6) is 0. The minimum absolute atomic E-state index is 0.119. The predicted molar refractivity (Wildman–Crippen MR) is 62.0 cm³/mol. The van der Waals surface area contributed by atoms with Crippen molar-refractivity contribution < 1.29 is 23.4 Å². The van der Waals surface area contributed by atoms with E-state index < -0.39 is 7.82 Å². The first-order valence-electron chi connectivity index (χ1n) is 5.03. The van der Waals surface area contributed by atoms with Crippen LogP contribution in [0.1, 0.15) is 5.69 Å². The van der Waals surface area contributed by atoms with Gasteiger partial charge in [-0.05, 0) is 11.5 Å². The number of hydrogen-bond acceptors (Lipinski definition) is 2. The average molecular weight is 254 g/mol. The molecule has 0 aliphatic heterocycles. The zero-order chi connectivity index (χ0) is 12.5. The predicted octanol–water partition coefficient (Wildman–Crippen LogP) is 1.27. The molecule has 0 bridgehead atoms. The summed E-state index contributed by atoms with van der Waals surface area (Å²) in [6, 6.07) is 9.62. The number of fused-ring (bicyclic) bond motifs is 1. The molecular weight excluding hydrogens is 241 g/mol. The van der Waals surface area contributed by atoms with E-state index in [-0.39, 0.29) is 6.61 Å². The summed E-state index contributed by atoms with van der Waals surface area (Å²) in [6.45, 7) is -0.119. The van der Waals surface area contributed by atoms with Gasteiger partial charge in [-0.25, -0.2) is 9.13 Å². The highest BCUT2D eigenvalue weighted by atomic mass is 31.2. The summed E-state index contributed by atoms with van der Waals surface area (Å²) in [6.07, 6.45) is 1.90. The molecule has 6 heteroatoms. The number of rotatable bonds is 3. The van der Waals surface area contributed by atoms with Crippen LogP contribution in [0.2, 0.25) is 0 Å². The van der Waals surface area contributed by atoms with Crippen molar-refractivity contribution in [3.05, 3.63) is 42.2 Å². The van der Waals surface area contributed by atoms with Crippen molar-refractivity contribution in [3.8, 4) is 0 Å². The van der Waals surface area contributed by atoms with Gasteiger partial charge < -0.3 is 9.79 Å². The van der Waals surface area contributed by atoms with E-state index in [9.17, 15) is 4.57 Å². The quantitative estimate of drug-likeness (QED) is 0.639. The summed E-state index contributed by atoms with van der Waals surface area (Å²) in [7, 11) is -2.61. The van der Waals surface area contributed by atoms with Gasteiger partial charge in [0.15, 0.2) is 6.20 Å². The van der Waals surface area contributed by atoms with Crippen LogP contribution in [0.5, 0.6) is 0 Å². The highest BCUT2D eigenvalue weighted by Gasteiger charge is 2.17. The van der Waals surface area contributed by atoms with Crippen molar-refractivity contribution in [2.75, 3.05) is 0 Å². The number of benzene rings is 1. The molecule has 0 saturated carbocycles. The Morgan fingerprint density at radius 3 is 2.59 bits per heavy atom. The summed E-state index contributed by atoms with van der Waals surface area (Å²) in [4.78, 5) is 17.3. The molecule has 1 aromatic heterocycles. The van der Waals surface area contributed by atoms with Gasteiger partial charge >= 0.3 is 7.82 Å². The Morgan fingerprint density at radius 1 is 1.29 bits per heavy atom. The van der Waals surface area contributed by atoms with Crippen LogP contribution in [0.3, 0.4) is 0 Å². The monoisotopic (exact) mass is 254 g/mol. The van der Waals surface area contributed by atoms with Gasteiger partial charge in [-0.2, -0.15) is 0 Å². The van der Waals surface area contributed by atoms with Crippen LogP contribution in [-0.4, -0.2) is 9.79 Å². The Hall–Kier alpha value is -1.26. The first kappa shape index (κ1) is 12.2. The van der Waals surface area contributed by atoms with Gasteiger partial charge in [0.25, 0.3) is 0 Å². The number of aromatic nitrogens is 1. The second-order valence-electron chi connectivity index (χ2n) is 3.77. The molecular formula is C11H13NO4P+. The van der Waals surface area contributed by atoms with Gasteiger partial charge in [0.1, 0.15) is 13.7 Å². The molecule has 1 heterocycles. The summed E-state index contributed by atoms with van der Waals surface area (Å²) in [5, 5.41) is 2.07. The normalized spacial score (nSPS) is 11.9. The van der Waals surface area contributed by atoms with Crippen LogP contribution in [0, 0.1) is 0 Å². The first-order valence-corrected chi connectivity index (χ1v) is 6.56. The second kappa shape index (κ2) is 4.55. The third kappa shape index (κ3) is 3.11. The number of nitrogens with zero attached hydrogens (tertiary/aromatic N) is 1. The number of phosphoric ester groups is 1. The Morgan fingerprint density at radius 2 is 1.94 bits per heavy atom. The molecule has 1 aromatic carbocycles. The lowest BCUT2D eigenvalue weighted by Gasteiger charge is -2.05. The third-order valence-corrected chi connectivity index (χ3v) is 2.95. The highest BCUT2D eigenvalue weighted by Crippen LogP contribution is 2.36. The van der Waals surface area contributed by atoms with Crippen molar-refractivity contribution in [2.45, 2.75) is 6.61 Å². The number of phosphoric acid groups is 1. The van der Waals surface area contributed by atoms with Crippen molar-refractivity contribution in [3.63, 3.8) is 0 Å². The Kier molecular flexibility index (Phi) is 3.26. The smallest absolute Gasteiger partial charge is 0.303 e. The maximum Gasteiger partial charge on any atom is 0.470 e. The van der Waals surface area contributed by atoms with Crippen molar-refractivity contribution in [1.29, 1.82) is 0 Å². The van der Waals surface area contributed by atoms with Gasteiger partial charge in [-0.1, -0.05) is 18.2 Å². The Labute approximate surface area is 98.5 Å². The lowest BCUT2D eigenvalue weighted by Crippen LogP contribution is -2.33. The molecule has 2 aromatic rings. The number of aryl methyl sites for hydroxylation is 1. The molecule has 0 atom stereocenters. The van der Waals surface area contributed by atoms with E-state index >= 15 is 0 Å². The van der Waals surface area contributed by atoms with Crippen molar-refractivity contribution in [1.82, 2.24) is 0 Å². The molecule has 0 unspecified atom stereocenters. The van der Waals surface area contributed by atoms with E-state index in [2.05, 4.69) is 4.52 Å². The van der Waals surface area contributed by atoms with E-state index in [1.54, 1.807) is 4.57 Å². The summed E-state index contributed by atoms with van der Waals surface area (Å²) >= 11 is 0. The van der Waals surface area contributed by atoms with Gasteiger partial charge in [-0.15, -0.1) is 0 Å². The first-order chi connectivity index (χ1) is 7.96. The van der Waals surface area contributed by atoms with E-state index in [1.165, 1.54) is 0 Å². The lowest BCUT2D eigenvalue weighted by molar-refractivity contribution is -0.679. The lowest BCUT2D eigenvalue weighted by atomic mass is 10.1. The van der Waals surface area contributed by atoms with Crippen LogP contribution < -0.4 is 4.57 Å². The fraction of sp³-hybridized carbons (Fsp3) is 0.182. The number of pyridine rings is 1. The van der Waals surface area contributed by atoms with E-state index in [0.29, 0.717) is 5.69 Å². The molecule has 90 valence electrons. The van der Waals surface area contributed by atoms with Crippen molar-refractivity contribution in [2.24, 2.45) is 7.05 Å². The van der Waals surface area contributed by atoms with E-state index in [1.807, 2.05) is 43.6 Å². The molecule has 0 radical (unpaired) electrons. The van der Waals surface area contributed by atoms with Gasteiger partial charge in [0.05, 0.1) is 0 Å². The molecule has 5 nitrogen and oxygen atoms in total. The molecule has 0 aliphatic rings. The fourth-order valence-corrected chi connectivity index (χ4v) is 1.93. The molecule has 0 fully saturated rings. The minimum Gasteiger partial charge on any atom is -0.303 e. The summed E-state index contributed by atoms with van der Waals surface area (Å²) in [5.41, 5.74) is 0.701. The number of hydrogen-bond donors (Lipinski definition) is 2. The standard InChI is InChI=1S/C11H12NO4P/c1-12-7-10-5-3-2-4-9(10)6-11(12)8-16-17(13,14)15/h2-7H,8H2,1H3,(H-,13,14,15)/p+1. The SMILES string of the molecule is C[n+]1cc2ccccc2cc1COP(=O)(O)O. The largest absolute Gasteiger partial charge is 0.470 e. The molecule has 0 spiro atoms. The minimum atomic E-state index is -4.42. The van der Waals surface area contributed by atoms with Crippen molar-refractivity contribution >= 4 is 18.6 Å². The average Bonchev–Trinajstić information content (AvgIpc) is 2.25. The Bertz CT molecular complexity index is 593. The van der Waals surface area contributed by atoms with E-state index in [0.717, 1.165) is 10.8 Å². The highest BCUT2D eigenvalue weighted by molar-refractivity contribution is 7.46. The molecule has 2 rings (SSSR count). The Balaban J connectivity index is 2.34. The molecule has 0 saturated heterocycles. The third-order valence-electron chi connectivity index (χ3n) is 2.48. The van der Waals surface area contributed by atoms with Crippen LogP contribution in [0.4, 0.5) is 0 Å². The zero-order valence-corrected chi connectivity index (χ0v) is 10.2. The van der Waals surface area contributed by atoms with Crippen LogP contribution in [0.15, 0.2) is 36.5 Å². The molecule has 17 heavy (non-hydrogen) atoms. The zero-order valence-electron chi connectivity index (χ0n) is 9.28.